The van der Waals surface area contributed by atoms with E-state index >= 15 is 0 Å². The van der Waals surface area contributed by atoms with Crippen LogP contribution in [-0.2, 0) is 13.6 Å². The van der Waals surface area contributed by atoms with Crippen LogP contribution in [0.2, 0.25) is 0 Å². The molecule has 2 amide bonds. The molecule has 8 nitrogen and oxygen atoms in total. The smallest absolute Gasteiger partial charge is 0.319 e. The molecule has 0 unspecified atom stereocenters. The van der Waals surface area contributed by atoms with Crippen molar-refractivity contribution in [2.24, 2.45) is 7.05 Å². The van der Waals surface area contributed by atoms with Crippen LogP contribution in [0.25, 0.3) is 0 Å². The lowest BCUT2D eigenvalue weighted by Gasteiger charge is -2.21. The third-order valence-electron chi connectivity index (χ3n) is 4.35. The van der Waals surface area contributed by atoms with Crippen LogP contribution in [0.15, 0.2) is 35.5 Å². The number of hydrogen-bond acceptors (Lipinski definition) is 4. The number of carbonyl (C=O) groups excluding carboxylic acids is 1. The fourth-order valence-electron chi connectivity index (χ4n) is 2.95. The molecule has 0 bridgehead atoms. The molecular weight excluding hydrogens is 322 g/mol. The number of urea groups is 1. The first-order chi connectivity index (χ1) is 12.0. The Morgan fingerprint density at radius 2 is 2.28 bits per heavy atom. The summed E-state index contributed by atoms with van der Waals surface area (Å²) in [6, 6.07) is 2.67. The number of aryl methyl sites for hydroxylation is 2. The number of hydrogen-bond donors (Lipinski definition) is 2. The first-order valence-corrected chi connectivity index (χ1v) is 8.48. The number of rotatable bonds is 5. The van der Waals surface area contributed by atoms with Crippen LogP contribution in [0.1, 0.15) is 26.2 Å². The number of pyridine rings is 1. The predicted molar refractivity (Wildman–Crippen MR) is 93.8 cm³/mol. The van der Waals surface area contributed by atoms with Crippen LogP contribution in [0.3, 0.4) is 0 Å². The molecule has 2 heterocycles. The fraction of sp³-hybridized carbons (Fsp3) is 0.471. The van der Waals surface area contributed by atoms with E-state index in [0.717, 1.165) is 25.8 Å². The van der Waals surface area contributed by atoms with E-state index < -0.39 is 0 Å². The normalized spacial score (nSPS) is 19.6. The van der Waals surface area contributed by atoms with Gasteiger partial charge in [0, 0.05) is 31.5 Å². The highest BCUT2D eigenvalue weighted by molar-refractivity contribution is 5.89. The maximum absolute atomic E-state index is 12.2. The van der Waals surface area contributed by atoms with Gasteiger partial charge in [-0.25, -0.2) is 4.79 Å². The van der Waals surface area contributed by atoms with Gasteiger partial charge in [-0.05, 0) is 32.3 Å². The van der Waals surface area contributed by atoms with Gasteiger partial charge in [0.05, 0.1) is 18.4 Å². The monoisotopic (exact) mass is 345 g/mol. The van der Waals surface area contributed by atoms with Crippen molar-refractivity contribution < 1.29 is 9.53 Å². The molecule has 0 radical (unpaired) electrons. The van der Waals surface area contributed by atoms with Crippen molar-refractivity contribution in [1.82, 2.24) is 19.7 Å². The number of ether oxygens (including phenoxy) is 1. The second-order valence-electron chi connectivity index (χ2n) is 6.19. The van der Waals surface area contributed by atoms with Gasteiger partial charge in [0.15, 0.2) is 5.75 Å². The third kappa shape index (κ3) is 4.20. The van der Waals surface area contributed by atoms with Crippen LogP contribution in [0.5, 0.6) is 5.75 Å². The van der Waals surface area contributed by atoms with E-state index in [9.17, 15) is 9.59 Å². The van der Waals surface area contributed by atoms with Gasteiger partial charge in [-0.15, -0.1) is 0 Å². The van der Waals surface area contributed by atoms with Crippen LogP contribution in [0, 0.1) is 0 Å². The van der Waals surface area contributed by atoms with Crippen molar-refractivity contribution in [1.29, 1.82) is 0 Å². The molecule has 0 aliphatic heterocycles. The van der Waals surface area contributed by atoms with E-state index in [1.165, 1.54) is 10.6 Å². The molecule has 2 aromatic heterocycles. The summed E-state index contributed by atoms with van der Waals surface area (Å²) in [6.45, 7) is 2.80. The third-order valence-corrected chi connectivity index (χ3v) is 4.35. The second kappa shape index (κ2) is 7.42. The Labute approximate surface area is 145 Å². The van der Waals surface area contributed by atoms with Crippen molar-refractivity contribution in [3.63, 3.8) is 0 Å². The van der Waals surface area contributed by atoms with Gasteiger partial charge in [-0.1, -0.05) is 0 Å². The summed E-state index contributed by atoms with van der Waals surface area (Å²) >= 11 is 0. The molecule has 1 saturated carbocycles. The molecule has 1 fully saturated rings. The summed E-state index contributed by atoms with van der Waals surface area (Å²) in [6.07, 6.45) is 7.82. The number of aromatic nitrogens is 3. The maximum atomic E-state index is 12.2. The lowest BCUT2D eigenvalue weighted by molar-refractivity contribution is 0.175. The molecule has 0 spiro atoms. The zero-order chi connectivity index (χ0) is 17.8. The van der Waals surface area contributed by atoms with Crippen LogP contribution in [-0.4, -0.2) is 32.5 Å². The zero-order valence-electron chi connectivity index (χ0n) is 14.4. The van der Waals surface area contributed by atoms with Gasteiger partial charge in [0.1, 0.15) is 6.10 Å². The van der Waals surface area contributed by atoms with Gasteiger partial charge in [0.2, 0.25) is 0 Å². The Kier molecular flexibility index (Phi) is 5.06. The first kappa shape index (κ1) is 17.1. The van der Waals surface area contributed by atoms with Crippen molar-refractivity contribution >= 4 is 11.7 Å². The summed E-state index contributed by atoms with van der Waals surface area (Å²) in [7, 11) is 1.66. The average molecular weight is 345 g/mol. The summed E-state index contributed by atoms with van der Waals surface area (Å²) in [5, 5.41) is 9.83. The van der Waals surface area contributed by atoms with Crippen LogP contribution >= 0.6 is 0 Å². The maximum Gasteiger partial charge on any atom is 0.319 e. The quantitative estimate of drug-likeness (QED) is 0.863. The van der Waals surface area contributed by atoms with E-state index in [4.69, 9.17) is 4.74 Å². The molecule has 8 heteroatoms. The standard InChI is InChI=1S/C17H23N5O3/c1-3-22-11-13(10-18-22)25-15-6-4-5-14(15)20-17(24)19-12-7-8-21(2)16(23)9-12/h7-11,14-15H,3-6H2,1-2H3,(H2,19,20,24)/t14-,15+/m0/s1. The summed E-state index contributed by atoms with van der Waals surface area (Å²) in [4.78, 5) is 23.8. The lowest BCUT2D eigenvalue weighted by Crippen LogP contribution is -2.44. The topological polar surface area (TPSA) is 90.2 Å². The van der Waals surface area contributed by atoms with Crippen LogP contribution < -0.4 is 20.9 Å². The number of carbonyl (C=O) groups is 1. The Morgan fingerprint density at radius 1 is 1.44 bits per heavy atom. The largest absolute Gasteiger partial charge is 0.485 e. The molecular formula is C17H23N5O3. The Hall–Kier alpha value is -2.77. The van der Waals surface area contributed by atoms with Crippen molar-refractivity contribution in [2.75, 3.05) is 5.32 Å². The Balaban J connectivity index is 1.57. The molecule has 2 N–H and O–H groups in total. The summed E-state index contributed by atoms with van der Waals surface area (Å²) in [5.74, 6) is 0.715. The summed E-state index contributed by atoms with van der Waals surface area (Å²) < 4.78 is 9.22. The van der Waals surface area contributed by atoms with E-state index in [1.807, 2.05) is 13.1 Å². The lowest BCUT2D eigenvalue weighted by atomic mass is 10.2. The minimum atomic E-state index is -0.335. The molecule has 3 rings (SSSR count). The van der Waals surface area contributed by atoms with E-state index in [-0.39, 0.29) is 23.7 Å². The van der Waals surface area contributed by atoms with E-state index in [2.05, 4.69) is 15.7 Å². The second-order valence-corrected chi connectivity index (χ2v) is 6.19. The highest BCUT2D eigenvalue weighted by Crippen LogP contribution is 2.24. The SMILES string of the molecule is CCn1cc(O[C@@H]2CCC[C@@H]2NC(=O)Nc2ccn(C)c(=O)c2)cn1. The average Bonchev–Trinajstić information content (AvgIpc) is 3.21. The molecule has 0 saturated heterocycles. The van der Waals surface area contributed by atoms with E-state index in [1.54, 1.807) is 30.2 Å². The molecule has 134 valence electrons. The van der Waals surface area contributed by atoms with Crippen molar-refractivity contribution in [2.45, 2.75) is 44.9 Å². The zero-order valence-corrected chi connectivity index (χ0v) is 14.4. The molecule has 2 atom stereocenters. The van der Waals surface area contributed by atoms with E-state index in [0.29, 0.717) is 11.4 Å². The van der Waals surface area contributed by atoms with Gasteiger partial charge >= 0.3 is 6.03 Å². The van der Waals surface area contributed by atoms with Crippen molar-refractivity contribution in [3.8, 4) is 5.75 Å². The molecule has 2 aromatic rings. The first-order valence-electron chi connectivity index (χ1n) is 8.48. The minimum absolute atomic E-state index is 0.0727. The number of nitrogens with zero attached hydrogens (tertiary/aromatic N) is 3. The summed E-state index contributed by atoms with van der Waals surface area (Å²) in [5.41, 5.74) is 0.299. The fourth-order valence-corrected chi connectivity index (χ4v) is 2.95. The minimum Gasteiger partial charge on any atom is -0.485 e. The highest BCUT2D eigenvalue weighted by Gasteiger charge is 2.30. The van der Waals surface area contributed by atoms with Gasteiger partial charge in [0.25, 0.3) is 5.56 Å². The molecule has 1 aliphatic rings. The molecule has 1 aliphatic carbocycles. The Morgan fingerprint density at radius 3 is 3.00 bits per heavy atom. The van der Waals surface area contributed by atoms with Crippen LogP contribution in [0.4, 0.5) is 10.5 Å². The molecule has 0 aromatic carbocycles. The highest BCUT2D eigenvalue weighted by atomic mass is 16.5. The molecule has 25 heavy (non-hydrogen) atoms. The number of anilines is 1. The van der Waals surface area contributed by atoms with Gasteiger partial charge in [-0.3, -0.25) is 9.48 Å². The predicted octanol–water partition coefficient (Wildman–Crippen LogP) is 1.72. The van der Waals surface area contributed by atoms with Gasteiger partial charge in [-0.2, -0.15) is 5.10 Å². The number of amides is 2. The Bertz CT molecular complexity index is 798. The number of nitrogens with one attached hydrogen (secondary N) is 2. The van der Waals surface area contributed by atoms with Gasteiger partial charge < -0.3 is 19.9 Å². The van der Waals surface area contributed by atoms with Crippen molar-refractivity contribution in [3.05, 3.63) is 41.1 Å².